The molecule has 4 rings (SSSR count). The Morgan fingerprint density at radius 3 is 1.66 bits per heavy atom. The second-order valence-corrected chi connectivity index (χ2v) is 18.8. The van der Waals surface area contributed by atoms with E-state index in [9.17, 15) is 21.6 Å². The Morgan fingerprint density at radius 1 is 0.706 bits per heavy atom. The van der Waals surface area contributed by atoms with Crippen LogP contribution in [-0.2, 0) is 73.2 Å². The van der Waals surface area contributed by atoms with E-state index >= 15 is 0 Å². The summed E-state index contributed by atoms with van der Waals surface area (Å²) in [6.07, 6.45) is 2.25. The fourth-order valence-electron chi connectivity index (χ4n) is 5.53. The summed E-state index contributed by atoms with van der Waals surface area (Å²) in [6.45, 7) is 11.7. The molecule has 0 bridgehead atoms. The quantitative estimate of drug-likeness (QED) is 0.0492. The summed E-state index contributed by atoms with van der Waals surface area (Å²) in [7, 11) is -6.56. The van der Waals surface area contributed by atoms with Gasteiger partial charge in [0.15, 0.2) is 0 Å². The van der Waals surface area contributed by atoms with Crippen molar-refractivity contribution in [3.05, 3.63) is 82.9 Å². The number of benzene rings is 3. The summed E-state index contributed by atoms with van der Waals surface area (Å²) in [5.74, 6) is 0.919. The van der Waals surface area contributed by atoms with Gasteiger partial charge >= 0.3 is 5.97 Å². The lowest BCUT2D eigenvalue weighted by atomic mass is 10.2. The minimum Gasteiger partial charge on any atom is -0.460 e. The number of methoxy groups -OCH3 is 1. The number of primary sulfonamides is 1. The normalized spacial score (nSPS) is 12.9. The SMILES string of the molecule is CCCCNc1ccc(C(=O)OCCOCCOCCOCCOCCOCCOCCOCCOCCOC)cc1.NS(=O)(=O)c1cc2c(cc1Cl)NC(CSCc1ccccc1)=NS2(=O)=O. The summed E-state index contributed by atoms with van der Waals surface area (Å²) in [5.41, 5.74) is 2.80. The van der Waals surface area contributed by atoms with Gasteiger partial charge in [0.1, 0.15) is 22.2 Å². The average molecular weight is 1040 g/mol. The maximum atomic E-state index is 12.4. The number of rotatable bonds is 37. The first-order valence-corrected chi connectivity index (χ1v) is 26.7. The van der Waals surface area contributed by atoms with E-state index < -0.39 is 24.9 Å². The predicted octanol–water partition coefficient (Wildman–Crippen LogP) is 5.27. The zero-order valence-corrected chi connectivity index (χ0v) is 42.1. The van der Waals surface area contributed by atoms with Gasteiger partial charge in [-0.25, -0.2) is 18.4 Å². The lowest BCUT2D eigenvalue weighted by Gasteiger charge is -2.19. The molecular formula is C45H67ClN4O15S3. The summed E-state index contributed by atoms with van der Waals surface area (Å²) < 4.78 is 105. The zero-order chi connectivity index (χ0) is 49.1. The van der Waals surface area contributed by atoms with Crippen LogP contribution in [0.15, 0.2) is 80.9 Å². The van der Waals surface area contributed by atoms with Gasteiger partial charge in [-0.3, -0.25) is 0 Å². The van der Waals surface area contributed by atoms with Crippen molar-refractivity contribution in [3.63, 3.8) is 0 Å². The number of hydrogen-bond donors (Lipinski definition) is 3. The number of fused-ring (bicyclic) bond motifs is 1. The fourth-order valence-corrected chi connectivity index (χ4v) is 8.80. The number of carbonyl (C=O) groups excluding carboxylic acids is 1. The molecule has 0 saturated carbocycles. The van der Waals surface area contributed by atoms with Crippen LogP contribution in [0.4, 0.5) is 11.4 Å². The minimum atomic E-state index is -4.15. The molecule has 1 aliphatic rings. The van der Waals surface area contributed by atoms with Crippen LogP contribution >= 0.6 is 23.4 Å². The molecular weight excluding hydrogens is 968 g/mol. The number of halogens is 1. The Balaban J connectivity index is 0.000000399. The Morgan fingerprint density at radius 2 is 1.19 bits per heavy atom. The van der Waals surface area contributed by atoms with Gasteiger partial charge in [0.2, 0.25) is 10.0 Å². The van der Waals surface area contributed by atoms with Gasteiger partial charge in [-0.1, -0.05) is 55.3 Å². The molecule has 3 aromatic rings. The summed E-state index contributed by atoms with van der Waals surface area (Å²) in [4.78, 5) is 11.4. The summed E-state index contributed by atoms with van der Waals surface area (Å²) in [6, 6.07) is 19.2. The van der Waals surface area contributed by atoms with Crippen LogP contribution in [0.1, 0.15) is 35.7 Å². The Hall–Kier alpha value is -3.46. The van der Waals surface area contributed by atoms with Crippen molar-refractivity contribution in [2.75, 3.05) is 149 Å². The van der Waals surface area contributed by atoms with Crippen molar-refractivity contribution in [1.82, 2.24) is 0 Å². The van der Waals surface area contributed by atoms with E-state index in [2.05, 4.69) is 22.0 Å². The first-order chi connectivity index (χ1) is 32.9. The molecule has 19 nitrogen and oxygen atoms in total. The third kappa shape index (κ3) is 25.9. The number of anilines is 2. The van der Waals surface area contributed by atoms with E-state index in [4.69, 9.17) is 64.1 Å². The van der Waals surface area contributed by atoms with Crippen LogP contribution in [0.3, 0.4) is 0 Å². The molecule has 4 N–H and O–H groups in total. The van der Waals surface area contributed by atoms with Crippen LogP contribution < -0.4 is 15.8 Å². The van der Waals surface area contributed by atoms with Crippen LogP contribution in [0.25, 0.3) is 0 Å². The average Bonchev–Trinajstić information content (AvgIpc) is 3.31. The number of esters is 1. The second kappa shape index (κ2) is 35.6. The largest absolute Gasteiger partial charge is 0.460 e. The molecule has 0 fully saturated rings. The van der Waals surface area contributed by atoms with E-state index in [0.29, 0.717) is 129 Å². The number of hydrogen-bond acceptors (Lipinski definition) is 18. The van der Waals surface area contributed by atoms with E-state index in [-0.39, 0.29) is 34.0 Å². The number of unbranched alkanes of at least 4 members (excludes halogenated alkanes) is 1. The molecule has 0 saturated heterocycles. The summed E-state index contributed by atoms with van der Waals surface area (Å²) in [5, 5.41) is 11.1. The number of nitrogens with one attached hydrogen (secondary N) is 2. The molecule has 382 valence electrons. The summed E-state index contributed by atoms with van der Waals surface area (Å²) >= 11 is 7.43. The lowest BCUT2D eigenvalue weighted by Crippen LogP contribution is -2.24. The number of amidine groups is 1. The van der Waals surface area contributed by atoms with Crippen LogP contribution in [0.2, 0.25) is 5.02 Å². The molecule has 0 aromatic heterocycles. The highest BCUT2D eigenvalue weighted by Crippen LogP contribution is 2.34. The Kier molecular flexibility index (Phi) is 30.8. The third-order valence-corrected chi connectivity index (χ3v) is 12.7. The highest BCUT2D eigenvalue weighted by molar-refractivity contribution is 7.99. The maximum Gasteiger partial charge on any atom is 0.338 e. The highest BCUT2D eigenvalue weighted by Gasteiger charge is 2.28. The highest BCUT2D eigenvalue weighted by atomic mass is 35.5. The van der Waals surface area contributed by atoms with Gasteiger partial charge in [0, 0.05) is 25.1 Å². The van der Waals surface area contributed by atoms with Crippen LogP contribution in [-0.4, -0.2) is 167 Å². The van der Waals surface area contributed by atoms with Crippen molar-refractivity contribution >= 4 is 66.6 Å². The van der Waals surface area contributed by atoms with Gasteiger partial charge in [0.25, 0.3) is 10.0 Å². The topological polar surface area (TPSA) is 240 Å². The van der Waals surface area contributed by atoms with Crippen molar-refractivity contribution in [1.29, 1.82) is 0 Å². The Bertz CT molecular complexity index is 2090. The molecule has 3 aromatic carbocycles. The first-order valence-electron chi connectivity index (χ1n) is 22.2. The number of thioether (sulfide) groups is 1. The zero-order valence-electron chi connectivity index (χ0n) is 38.9. The molecule has 0 atom stereocenters. The molecule has 1 heterocycles. The fraction of sp³-hybridized carbons (Fsp3) is 0.556. The number of nitrogens with zero attached hydrogens (tertiary/aromatic N) is 1. The monoisotopic (exact) mass is 1030 g/mol. The van der Waals surface area contributed by atoms with Crippen LogP contribution in [0, 0.1) is 0 Å². The molecule has 23 heteroatoms. The number of carbonyl (C=O) groups is 1. The van der Waals surface area contributed by atoms with Gasteiger partial charge in [-0.2, -0.15) is 8.42 Å². The number of sulfonamides is 2. The maximum absolute atomic E-state index is 12.4. The van der Waals surface area contributed by atoms with Crippen molar-refractivity contribution in [3.8, 4) is 0 Å². The van der Waals surface area contributed by atoms with E-state index in [1.807, 2.05) is 42.5 Å². The predicted molar refractivity (Wildman–Crippen MR) is 262 cm³/mol. The molecule has 0 radical (unpaired) electrons. The standard InChI is InChI=1S/C30H53NO11.C15H14ClN3O4S3/c1-3-4-9-31-29-7-5-28(6-8-29)30(32)42-27-26-41-25-24-40-23-22-39-21-20-38-19-18-37-17-16-36-15-14-35-13-12-34-11-10-33-2;16-11-6-12-14(7-13(11)25(17,20)21)26(22,23)19-15(18-12)9-24-8-10-4-2-1-3-5-10/h5-8,31H,3-4,9-27H2,1-2H3;1-7H,8-9H2,(H,18,19)(H2,17,20,21). The second-order valence-electron chi connectivity index (χ2n) is 14.3. The third-order valence-electron chi connectivity index (χ3n) is 8.95. The smallest absolute Gasteiger partial charge is 0.338 e. The van der Waals surface area contributed by atoms with Crippen molar-refractivity contribution < 1.29 is 69.0 Å². The Labute approximate surface area is 410 Å². The molecule has 0 unspecified atom stereocenters. The molecule has 0 spiro atoms. The van der Waals surface area contributed by atoms with Gasteiger partial charge in [0.05, 0.1) is 134 Å². The van der Waals surface area contributed by atoms with Crippen molar-refractivity contribution in [2.24, 2.45) is 9.54 Å². The van der Waals surface area contributed by atoms with E-state index in [1.165, 1.54) is 17.8 Å². The molecule has 1 aliphatic heterocycles. The first kappa shape index (κ1) is 58.9. The van der Waals surface area contributed by atoms with Gasteiger partial charge in [-0.15, -0.1) is 16.2 Å². The molecule has 0 aliphatic carbocycles. The van der Waals surface area contributed by atoms with E-state index in [0.717, 1.165) is 36.7 Å². The van der Waals surface area contributed by atoms with E-state index in [1.54, 1.807) is 19.2 Å². The van der Waals surface area contributed by atoms with Crippen LogP contribution in [0.5, 0.6) is 0 Å². The molecule has 68 heavy (non-hydrogen) atoms. The lowest BCUT2D eigenvalue weighted by molar-refractivity contribution is -0.0253. The number of ether oxygens (including phenoxy) is 10. The number of nitrogens with two attached hydrogens (primary N) is 1. The van der Waals surface area contributed by atoms with Crippen molar-refractivity contribution in [2.45, 2.75) is 35.3 Å². The minimum absolute atomic E-state index is 0.160. The van der Waals surface area contributed by atoms with Gasteiger partial charge < -0.3 is 58.0 Å². The van der Waals surface area contributed by atoms with Gasteiger partial charge in [-0.05, 0) is 48.4 Å². The molecule has 0 amide bonds.